The summed E-state index contributed by atoms with van der Waals surface area (Å²) in [6, 6.07) is 14.6. The molecular weight excluding hydrogens is 372 g/mol. The lowest BCUT2D eigenvalue weighted by atomic mass is 10.2. The van der Waals surface area contributed by atoms with Gasteiger partial charge in [-0.1, -0.05) is 35.9 Å². The molecule has 5 nitrogen and oxygen atoms in total. The molecule has 0 bridgehead atoms. The van der Waals surface area contributed by atoms with Gasteiger partial charge in [0.1, 0.15) is 11.6 Å². The molecule has 1 aliphatic rings. The minimum Gasteiger partial charge on any atom is -0.497 e. The van der Waals surface area contributed by atoms with Crippen LogP contribution in [0, 0.1) is 0 Å². The van der Waals surface area contributed by atoms with Crippen molar-refractivity contribution in [2.75, 3.05) is 24.3 Å². The number of anilines is 1. The fourth-order valence-electron chi connectivity index (χ4n) is 3.18. The number of hydrogen-bond donors (Lipinski definition) is 0. The molecular formula is C19H17ClN2O3S. The van der Waals surface area contributed by atoms with Gasteiger partial charge >= 0.3 is 0 Å². The lowest BCUT2D eigenvalue weighted by Gasteiger charge is -2.22. The number of fused-ring (bicyclic) bond motifs is 2. The maximum absolute atomic E-state index is 12.7. The Balaban J connectivity index is 1.80. The second-order valence-electron chi connectivity index (χ2n) is 6.19. The fourth-order valence-corrected chi connectivity index (χ4v) is 4.95. The summed E-state index contributed by atoms with van der Waals surface area (Å²) in [5, 5.41) is 1.48. The number of ether oxygens (including phenoxy) is 1. The van der Waals surface area contributed by atoms with E-state index in [-0.39, 0.29) is 5.75 Å². The standard InChI is InChI=1S/C19H17ClN2O3S/c1-25-14-7-6-13-12-22(8-9-26(23,24)18(13)10-14)19-11-16(20)15-4-2-3-5-17(15)21-19/h2-7,10-11H,8-9,12H2,1H3. The van der Waals surface area contributed by atoms with Crippen LogP contribution in [0.3, 0.4) is 0 Å². The van der Waals surface area contributed by atoms with E-state index in [1.807, 2.05) is 29.2 Å². The van der Waals surface area contributed by atoms with Crippen LogP contribution in [0.25, 0.3) is 10.9 Å². The van der Waals surface area contributed by atoms with Gasteiger partial charge in [0.2, 0.25) is 0 Å². The van der Waals surface area contributed by atoms with Crippen LogP contribution in [0.15, 0.2) is 53.4 Å². The molecule has 4 rings (SSSR count). The molecule has 1 aromatic heterocycles. The molecule has 2 aromatic carbocycles. The largest absolute Gasteiger partial charge is 0.497 e. The predicted molar refractivity (Wildman–Crippen MR) is 103 cm³/mol. The zero-order chi connectivity index (χ0) is 18.3. The molecule has 7 heteroatoms. The van der Waals surface area contributed by atoms with E-state index in [0.717, 1.165) is 16.5 Å². The molecule has 3 aromatic rings. The van der Waals surface area contributed by atoms with Gasteiger partial charge in [-0.05, 0) is 29.8 Å². The summed E-state index contributed by atoms with van der Waals surface area (Å²) in [7, 11) is -1.86. The maximum Gasteiger partial charge on any atom is 0.180 e. The molecule has 2 heterocycles. The molecule has 0 aliphatic carbocycles. The number of methoxy groups -OCH3 is 1. The quantitative estimate of drug-likeness (QED) is 0.670. The number of hydrogen-bond acceptors (Lipinski definition) is 5. The fraction of sp³-hybridized carbons (Fsp3) is 0.211. The molecule has 0 radical (unpaired) electrons. The van der Waals surface area contributed by atoms with E-state index >= 15 is 0 Å². The zero-order valence-corrected chi connectivity index (χ0v) is 15.7. The number of sulfone groups is 1. The summed E-state index contributed by atoms with van der Waals surface area (Å²) >= 11 is 6.42. The van der Waals surface area contributed by atoms with Crippen LogP contribution in [-0.2, 0) is 16.4 Å². The Kier molecular flexibility index (Phi) is 4.25. The van der Waals surface area contributed by atoms with Gasteiger partial charge in [0.25, 0.3) is 0 Å². The normalized spacial score (nSPS) is 16.2. The van der Waals surface area contributed by atoms with Crippen LogP contribution in [-0.4, -0.2) is 32.8 Å². The third-order valence-corrected chi connectivity index (χ3v) is 6.66. The summed E-state index contributed by atoms with van der Waals surface area (Å²) in [6.45, 7) is 0.793. The Labute approximate surface area is 157 Å². The molecule has 0 saturated carbocycles. The third-order valence-electron chi connectivity index (χ3n) is 4.58. The first kappa shape index (κ1) is 17.1. The van der Waals surface area contributed by atoms with Crippen LogP contribution in [0.1, 0.15) is 5.56 Å². The SMILES string of the molecule is COc1ccc2c(c1)S(=O)(=O)CCN(c1cc(Cl)c3ccccc3n1)C2. The lowest BCUT2D eigenvalue weighted by molar-refractivity contribution is 0.413. The van der Waals surface area contributed by atoms with E-state index in [4.69, 9.17) is 16.3 Å². The zero-order valence-electron chi connectivity index (χ0n) is 14.1. The van der Waals surface area contributed by atoms with Gasteiger partial charge < -0.3 is 9.64 Å². The van der Waals surface area contributed by atoms with Crippen molar-refractivity contribution in [2.45, 2.75) is 11.4 Å². The Morgan fingerprint density at radius 2 is 1.96 bits per heavy atom. The van der Waals surface area contributed by atoms with Gasteiger partial charge in [-0.25, -0.2) is 13.4 Å². The monoisotopic (exact) mass is 388 g/mol. The molecule has 26 heavy (non-hydrogen) atoms. The summed E-state index contributed by atoms with van der Waals surface area (Å²) in [6.07, 6.45) is 0. The maximum atomic E-state index is 12.7. The molecule has 0 spiro atoms. The number of nitrogens with zero attached hydrogens (tertiary/aromatic N) is 2. The van der Waals surface area contributed by atoms with Crippen molar-refractivity contribution in [1.82, 2.24) is 4.98 Å². The Morgan fingerprint density at radius 3 is 2.77 bits per heavy atom. The summed E-state index contributed by atoms with van der Waals surface area (Å²) < 4.78 is 30.6. The second-order valence-corrected chi connectivity index (χ2v) is 8.68. The van der Waals surface area contributed by atoms with Gasteiger partial charge in [-0.2, -0.15) is 0 Å². The molecule has 0 atom stereocenters. The van der Waals surface area contributed by atoms with E-state index in [0.29, 0.717) is 34.6 Å². The predicted octanol–water partition coefficient (Wildman–Crippen LogP) is 3.69. The average molecular weight is 389 g/mol. The van der Waals surface area contributed by atoms with Gasteiger partial charge in [0.05, 0.1) is 28.3 Å². The molecule has 0 saturated heterocycles. The molecule has 134 valence electrons. The first-order valence-electron chi connectivity index (χ1n) is 8.18. The van der Waals surface area contributed by atoms with Crippen LogP contribution in [0.5, 0.6) is 5.75 Å². The van der Waals surface area contributed by atoms with E-state index in [1.54, 1.807) is 24.3 Å². The van der Waals surface area contributed by atoms with Gasteiger partial charge in [-0.15, -0.1) is 0 Å². The highest BCUT2D eigenvalue weighted by atomic mass is 35.5. The smallest absolute Gasteiger partial charge is 0.180 e. The van der Waals surface area contributed by atoms with Crippen molar-refractivity contribution < 1.29 is 13.2 Å². The van der Waals surface area contributed by atoms with E-state index in [2.05, 4.69) is 4.98 Å². The Morgan fingerprint density at radius 1 is 1.15 bits per heavy atom. The highest BCUT2D eigenvalue weighted by Crippen LogP contribution is 2.31. The number of pyridine rings is 1. The average Bonchev–Trinajstić information content (AvgIpc) is 2.77. The van der Waals surface area contributed by atoms with Crippen molar-refractivity contribution in [3.05, 3.63) is 59.1 Å². The van der Waals surface area contributed by atoms with Crippen LogP contribution in [0.4, 0.5) is 5.82 Å². The van der Waals surface area contributed by atoms with Gasteiger partial charge in [0.15, 0.2) is 9.84 Å². The second kappa shape index (κ2) is 6.45. The van der Waals surface area contributed by atoms with E-state index < -0.39 is 9.84 Å². The number of aromatic nitrogens is 1. The highest BCUT2D eigenvalue weighted by Gasteiger charge is 2.27. The van der Waals surface area contributed by atoms with Crippen molar-refractivity contribution in [3.8, 4) is 5.75 Å². The topological polar surface area (TPSA) is 59.5 Å². The number of para-hydroxylation sites is 1. The van der Waals surface area contributed by atoms with Crippen LogP contribution >= 0.6 is 11.6 Å². The van der Waals surface area contributed by atoms with Gasteiger partial charge in [0, 0.05) is 18.5 Å². The van der Waals surface area contributed by atoms with Crippen molar-refractivity contribution in [1.29, 1.82) is 0 Å². The lowest BCUT2D eigenvalue weighted by Crippen LogP contribution is -2.26. The minimum atomic E-state index is -3.39. The first-order chi connectivity index (χ1) is 12.5. The van der Waals surface area contributed by atoms with E-state index in [1.165, 1.54) is 7.11 Å². The Bertz CT molecular complexity index is 1100. The van der Waals surface area contributed by atoms with Crippen LogP contribution < -0.4 is 9.64 Å². The number of rotatable bonds is 2. The minimum absolute atomic E-state index is 0.0132. The summed E-state index contributed by atoms with van der Waals surface area (Å²) in [5.41, 5.74) is 1.52. The third kappa shape index (κ3) is 2.99. The van der Waals surface area contributed by atoms with E-state index in [9.17, 15) is 8.42 Å². The molecule has 0 N–H and O–H groups in total. The van der Waals surface area contributed by atoms with Crippen molar-refractivity contribution >= 4 is 38.2 Å². The van der Waals surface area contributed by atoms with Crippen molar-refractivity contribution in [2.24, 2.45) is 0 Å². The van der Waals surface area contributed by atoms with Crippen LogP contribution in [0.2, 0.25) is 5.02 Å². The van der Waals surface area contributed by atoms with Crippen molar-refractivity contribution in [3.63, 3.8) is 0 Å². The molecule has 0 fully saturated rings. The molecule has 0 amide bonds. The molecule has 1 aliphatic heterocycles. The highest BCUT2D eigenvalue weighted by molar-refractivity contribution is 7.91. The summed E-state index contributed by atoms with van der Waals surface area (Å²) in [5.74, 6) is 1.22. The first-order valence-corrected chi connectivity index (χ1v) is 10.2. The summed E-state index contributed by atoms with van der Waals surface area (Å²) in [4.78, 5) is 6.96. The Hall–Kier alpha value is -2.31. The number of halogens is 1. The number of benzene rings is 2. The van der Waals surface area contributed by atoms with Gasteiger partial charge in [-0.3, -0.25) is 0 Å². The molecule has 0 unspecified atom stereocenters.